The van der Waals surface area contributed by atoms with Gasteiger partial charge in [0.05, 0.1) is 37.2 Å². The van der Waals surface area contributed by atoms with Crippen LogP contribution in [0.15, 0.2) is 83.2 Å². The number of benzene rings is 3. The van der Waals surface area contributed by atoms with Crippen LogP contribution in [0.3, 0.4) is 0 Å². The Balaban J connectivity index is 1.40. The SMILES string of the molecule is COc1ccc(CN[C@@H](C(=O)NC2c3ccccc3C[C@H]2O)[C@H](O)[C@H](Cc2ccccc2)NC(=O)[C@@H](NC(=O)CSc2nnc(C)s2)C(C)(C)C)cc1. The number of methoxy groups -OCH3 is 1. The first-order valence-corrected chi connectivity index (χ1v) is 19.3. The quantitative estimate of drug-likeness (QED) is 0.0929. The van der Waals surface area contributed by atoms with E-state index < -0.39 is 53.6 Å². The van der Waals surface area contributed by atoms with Crippen molar-refractivity contribution in [2.45, 2.75) is 87.8 Å². The molecular formula is C39H48N6O6S2. The number of amides is 3. The number of hydrogen-bond donors (Lipinski definition) is 6. The molecule has 3 amide bonds. The van der Waals surface area contributed by atoms with Crippen LogP contribution in [-0.4, -0.2) is 81.3 Å². The van der Waals surface area contributed by atoms with Crippen molar-refractivity contribution in [1.29, 1.82) is 0 Å². The molecule has 5 rings (SSSR count). The lowest BCUT2D eigenvalue weighted by Gasteiger charge is -2.35. The molecule has 0 radical (unpaired) electrons. The summed E-state index contributed by atoms with van der Waals surface area (Å²) < 4.78 is 5.94. The van der Waals surface area contributed by atoms with Crippen molar-refractivity contribution in [2.75, 3.05) is 12.9 Å². The van der Waals surface area contributed by atoms with Crippen molar-refractivity contribution in [3.63, 3.8) is 0 Å². The normalized spacial score (nSPS) is 17.6. The minimum atomic E-state index is -1.45. The number of rotatable bonds is 16. The van der Waals surface area contributed by atoms with Gasteiger partial charge < -0.3 is 30.9 Å². The molecule has 3 aromatic carbocycles. The summed E-state index contributed by atoms with van der Waals surface area (Å²) in [5.41, 5.74) is 2.71. The molecule has 1 aliphatic carbocycles. The van der Waals surface area contributed by atoms with Gasteiger partial charge in [-0.15, -0.1) is 10.2 Å². The number of hydrogen-bond acceptors (Lipinski definition) is 11. The maximum Gasteiger partial charge on any atom is 0.243 e. The third kappa shape index (κ3) is 10.9. The second-order valence-electron chi connectivity index (χ2n) is 14.2. The molecular weight excluding hydrogens is 713 g/mol. The molecule has 4 aromatic rings. The van der Waals surface area contributed by atoms with Crippen LogP contribution in [0.1, 0.15) is 54.1 Å². The van der Waals surface area contributed by atoms with Gasteiger partial charge in [-0.3, -0.25) is 19.7 Å². The smallest absolute Gasteiger partial charge is 0.243 e. The summed E-state index contributed by atoms with van der Waals surface area (Å²) in [5.74, 6) is -0.678. The number of fused-ring (bicyclic) bond motifs is 1. The van der Waals surface area contributed by atoms with E-state index in [-0.39, 0.29) is 24.6 Å². The van der Waals surface area contributed by atoms with E-state index in [2.05, 4.69) is 31.5 Å². The number of thioether (sulfide) groups is 1. The summed E-state index contributed by atoms with van der Waals surface area (Å²) in [5, 5.41) is 44.1. The number of nitrogens with zero attached hydrogens (tertiary/aromatic N) is 2. The van der Waals surface area contributed by atoms with E-state index in [9.17, 15) is 24.6 Å². The van der Waals surface area contributed by atoms with Crippen molar-refractivity contribution in [2.24, 2.45) is 5.41 Å². The van der Waals surface area contributed by atoms with Crippen molar-refractivity contribution < 1.29 is 29.3 Å². The van der Waals surface area contributed by atoms with Gasteiger partial charge in [0.25, 0.3) is 0 Å². The Morgan fingerprint density at radius 3 is 2.30 bits per heavy atom. The second-order valence-corrected chi connectivity index (χ2v) is 16.6. The molecule has 1 heterocycles. The van der Waals surface area contributed by atoms with Gasteiger partial charge in [0, 0.05) is 13.0 Å². The molecule has 0 saturated carbocycles. The average molecular weight is 761 g/mol. The topological polar surface area (TPSA) is 175 Å². The fourth-order valence-electron chi connectivity index (χ4n) is 6.30. The van der Waals surface area contributed by atoms with E-state index in [1.165, 1.54) is 23.1 Å². The van der Waals surface area contributed by atoms with Gasteiger partial charge in [0.1, 0.15) is 22.8 Å². The molecule has 53 heavy (non-hydrogen) atoms. The van der Waals surface area contributed by atoms with Crippen LogP contribution in [0.4, 0.5) is 0 Å². The van der Waals surface area contributed by atoms with Crippen LogP contribution in [0, 0.1) is 12.3 Å². The first-order chi connectivity index (χ1) is 25.3. The molecule has 14 heteroatoms. The summed E-state index contributed by atoms with van der Waals surface area (Å²) in [6.07, 6.45) is -1.72. The summed E-state index contributed by atoms with van der Waals surface area (Å²) >= 11 is 2.62. The number of ether oxygens (including phenoxy) is 1. The fourth-order valence-corrected chi connectivity index (χ4v) is 7.92. The number of nitrogens with one attached hydrogen (secondary N) is 4. The zero-order chi connectivity index (χ0) is 38.1. The second kappa shape index (κ2) is 18.1. The largest absolute Gasteiger partial charge is 0.497 e. The number of aliphatic hydroxyl groups excluding tert-OH is 2. The lowest BCUT2D eigenvalue weighted by molar-refractivity contribution is -0.133. The van der Waals surface area contributed by atoms with Crippen molar-refractivity contribution in [3.05, 3.63) is 106 Å². The third-order valence-electron chi connectivity index (χ3n) is 9.12. The van der Waals surface area contributed by atoms with Crippen LogP contribution in [-0.2, 0) is 33.8 Å². The first-order valence-electron chi connectivity index (χ1n) is 17.5. The van der Waals surface area contributed by atoms with Gasteiger partial charge in [0.15, 0.2) is 4.34 Å². The Morgan fingerprint density at radius 1 is 0.943 bits per heavy atom. The van der Waals surface area contributed by atoms with E-state index in [1.54, 1.807) is 19.2 Å². The number of aromatic nitrogens is 2. The first kappa shape index (κ1) is 39.9. The van der Waals surface area contributed by atoms with Crippen LogP contribution in [0.25, 0.3) is 0 Å². The number of aryl methyl sites for hydroxylation is 1. The van der Waals surface area contributed by atoms with Gasteiger partial charge in [0.2, 0.25) is 17.7 Å². The van der Waals surface area contributed by atoms with Crippen LogP contribution in [0.5, 0.6) is 5.75 Å². The highest BCUT2D eigenvalue weighted by molar-refractivity contribution is 8.01. The number of carbonyl (C=O) groups is 3. The molecule has 1 unspecified atom stereocenters. The van der Waals surface area contributed by atoms with Crippen molar-refractivity contribution in [3.8, 4) is 5.75 Å². The van der Waals surface area contributed by atoms with Crippen LogP contribution < -0.4 is 26.0 Å². The molecule has 1 aromatic heterocycles. The highest BCUT2D eigenvalue weighted by atomic mass is 32.2. The minimum absolute atomic E-state index is 0.0399. The van der Waals surface area contributed by atoms with E-state index in [0.29, 0.717) is 16.5 Å². The molecule has 1 aliphatic rings. The maximum absolute atomic E-state index is 14.2. The molecule has 0 fully saturated rings. The molecule has 12 nitrogen and oxygen atoms in total. The van der Waals surface area contributed by atoms with E-state index in [4.69, 9.17) is 4.74 Å². The predicted molar refractivity (Wildman–Crippen MR) is 205 cm³/mol. The van der Waals surface area contributed by atoms with Crippen LogP contribution >= 0.6 is 23.1 Å². The summed E-state index contributed by atoms with van der Waals surface area (Å²) in [4.78, 5) is 41.5. The Bertz CT molecular complexity index is 1830. The number of aliphatic hydroxyl groups is 2. The van der Waals surface area contributed by atoms with E-state index >= 15 is 0 Å². The van der Waals surface area contributed by atoms with E-state index in [1.807, 2.05) is 94.4 Å². The van der Waals surface area contributed by atoms with Gasteiger partial charge >= 0.3 is 0 Å². The third-order valence-corrected chi connectivity index (χ3v) is 11.1. The van der Waals surface area contributed by atoms with Gasteiger partial charge in [-0.25, -0.2) is 0 Å². The Kier molecular flexibility index (Phi) is 13.6. The summed E-state index contributed by atoms with van der Waals surface area (Å²) in [7, 11) is 1.58. The lowest BCUT2D eigenvalue weighted by atomic mass is 9.85. The zero-order valence-electron chi connectivity index (χ0n) is 30.5. The van der Waals surface area contributed by atoms with Crippen LogP contribution in [0.2, 0.25) is 0 Å². The Labute approximate surface area is 318 Å². The standard InChI is InChI=1S/C39H48N6O6S2/c1-23-44-45-38(53-23)52-22-31(47)42-35(39(2,3)4)37(50)41-29(19-24-11-7-6-8-12-24)34(48)33(40-21-25-15-17-27(51-5)18-16-25)36(49)43-32-28-14-10-9-13-26(28)20-30(32)46/h6-18,29-30,32-35,40,46,48H,19-22H2,1-5H3,(H,41,50)(H,42,47)(H,43,49)/t29-,30+,32?,33+,34+,35+/m0/s1. The molecule has 0 aliphatic heterocycles. The zero-order valence-corrected chi connectivity index (χ0v) is 32.2. The molecule has 0 spiro atoms. The van der Waals surface area contributed by atoms with Crippen molar-refractivity contribution >= 4 is 40.8 Å². The van der Waals surface area contributed by atoms with Gasteiger partial charge in [-0.1, -0.05) is 111 Å². The molecule has 0 bridgehead atoms. The molecule has 6 N–H and O–H groups in total. The van der Waals surface area contributed by atoms with E-state index in [0.717, 1.165) is 27.3 Å². The molecule has 6 atom stereocenters. The Hall–Kier alpha value is -4.34. The maximum atomic E-state index is 14.2. The summed E-state index contributed by atoms with van der Waals surface area (Å²) in [6.45, 7) is 7.58. The molecule has 0 saturated heterocycles. The summed E-state index contributed by atoms with van der Waals surface area (Å²) in [6, 6.07) is 20.4. The lowest BCUT2D eigenvalue weighted by Crippen LogP contribution is -2.62. The van der Waals surface area contributed by atoms with Crippen molar-refractivity contribution in [1.82, 2.24) is 31.5 Å². The fraction of sp³-hybridized carbons (Fsp3) is 0.410. The minimum Gasteiger partial charge on any atom is -0.497 e. The molecule has 282 valence electrons. The number of carbonyl (C=O) groups excluding carboxylic acids is 3. The predicted octanol–water partition coefficient (Wildman–Crippen LogP) is 3.50. The monoisotopic (exact) mass is 760 g/mol. The Morgan fingerprint density at radius 2 is 1.64 bits per heavy atom. The highest BCUT2D eigenvalue weighted by Crippen LogP contribution is 2.31. The van der Waals surface area contributed by atoms with Gasteiger partial charge in [-0.2, -0.15) is 0 Å². The highest BCUT2D eigenvalue weighted by Gasteiger charge is 2.40. The van der Waals surface area contributed by atoms with Gasteiger partial charge in [-0.05, 0) is 53.1 Å². The average Bonchev–Trinajstić information content (AvgIpc) is 3.70.